The maximum Gasteiger partial charge on any atom is 0.262 e. The van der Waals surface area contributed by atoms with Gasteiger partial charge in [0.1, 0.15) is 6.61 Å². The maximum atomic E-state index is 5.52. The third kappa shape index (κ3) is 4.34. The van der Waals surface area contributed by atoms with E-state index in [9.17, 15) is 0 Å². The first-order chi connectivity index (χ1) is 8.74. The molecule has 1 aromatic carbocycles. The van der Waals surface area contributed by atoms with Gasteiger partial charge in [0.05, 0.1) is 11.3 Å². The van der Waals surface area contributed by atoms with E-state index in [2.05, 4.69) is 21.1 Å². The fraction of sp³-hybridized carbons (Fsp3) is 0.417. The maximum absolute atomic E-state index is 5.52. The molecule has 1 aromatic heterocycles. The number of halogens is 3. The largest absolute Gasteiger partial charge is 0.474 e. The molecule has 0 bridgehead atoms. The Kier molecular flexibility index (Phi) is 7.47. The summed E-state index contributed by atoms with van der Waals surface area (Å²) in [7, 11) is 0. The molecule has 2 aromatic rings. The van der Waals surface area contributed by atoms with Crippen LogP contribution in [-0.4, -0.2) is 28.9 Å². The fourth-order valence-corrected chi connectivity index (χ4v) is 1.39. The molecule has 3 nitrogen and oxygen atoms in total. The highest BCUT2D eigenvalue weighted by Gasteiger charge is 2.09. The number of aryl methyl sites for hydroxylation is 1. The molecule has 0 atom stereocenters. The van der Waals surface area contributed by atoms with Crippen molar-refractivity contribution in [1.82, 2.24) is 5.16 Å². The van der Waals surface area contributed by atoms with E-state index in [1.807, 2.05) is 25.1 Å². The van der Waals surface area contributed by atoms with Crippen molar-refractivity contribution in [2.45, 2.75) is 6.92 Å². The van der Waals surface area contributed by atoms with Gasteiger partial charge in [-0.05, 0) is 23.7 Å². The van der Waals surface area contributed by atoms with E-state index < -0.39 is 0 Å². The van der Waals surface area contributed by atoms with Gasteiger partial charge in [-0.15, -0.1) is 23.2 Å². The van der Waals surface area contributed by atoms with Gasteiger partial charge >= 0.3 is 0 Å². The van der Waals surface area contributed by atoms with Crippen LogP contribution in [0.2, 0.25) is 0 Å². The Labute approximate surface area is 124 Å². The van der Waals surface area contributed by atoms with E-state index in [-0.39, 0.29) is 0 Å². The second-order valence-corrected chi connectivity index (χ2v) is 4.90. The van der Waals surface area contributed by atoms with Gasteiger partial charge in [0, 0.05) is 11.2 Å². The van der Waals surface area contributed by atoms with Crippen LogP contribution >= 0.6 is 39.1 Å². The van der Waals surface area contributed by atoms with Crippen LogP contribution in [0.3, 0.4) is 0 Å². The number of hydrogen-bond acceptors (Lipinski definition) is 3. The number of para-hydroxylation sites is 1. The van der Waals surface area contributed by atoms with Crippen molar-refractivity contribution < 1.29 is 9.26 Å². The highest BCUT2D eigenvalue weighted by atomic mass is 79.9. The number of hydrogen-bond donors (Lipinski definition) is 0. The van der Waals surface area contributed by atoms with Crippen molar-refractivity contribution >= 4 is 50.1 Å². The predicted octanol–water partition coefficient (Wildman–Crippen LogP) is 4.37. The monoisotopic (exact) mass is 353 g/mol. The van der Waals surface area contributed by atoms with E-state index in [1.165, 1.54) is 0 Å². The summed E-state index contributed by atoms with van der Waals surface area (Å²) in [5.41, 5.74) is 1.83. The van der Waals surface area contributed by atoms with Crippen molar-refractivity contribution in [2.24, 2.45) is 0 Å². The van der Waals surface area contributed by atoms with Crippen molar-refractivity contribution in [3.05, 3.63) is 23.8 Å². The molecule has 0 radical (unpaired) electrons. The molecule has 0 saturated heterocycles. The van der Waals surface area contributed by atoms with Gasteiger partial charge in [0.15, 0.2) is 5.58 Å². The summed E-state index contributed by atoms with van der Waals surface area (Å²) in [6.07, 6.45) is 0. The lowest BCUT2D eigenvalue weighted by Crippen LogP contribution is -1.98. The highest BCUT2D eigenvalue weighted by Crippen LogP contribution is 2.26. The van der Waals surface area contributed by atoms with Crippen molar-refractivity contribution in [1.29, 1.82) is 0 Å². The molecule has 0 aliphatic heterocycles. The SMILES string of the molecule is Cc1cccc2c(OCCCl)noc12.ClCCBr. The first-order valence-corrected chi connectivity index (χ1v) is 7.59. The summed E-state index contributed by atoms with van der Waals surface area (Å²) >= 11 is 13.8. The highest BCUT2D eigenvalue weighted by molar-refractivity contribution is 9.09. The molecule has 18 heavy (non-hydrogen) atoms. The number of nitrogens with zero attached hydrogens (tertiary/aromatic N) is 1. The minimum atomic E-state index is 0.442. The van der Waals surface area contributed by atoms with E-state index in [1.54, 1.807) is 0 Å². The molecular weight excluding hydrogens is 341 g/mol. The van der Waals surface area contributed by atoms with Gasteiger partial charge in [0.2, 0.25) is 0 Å². The summed E-state index contributed by atoms with van der Waals surface area (Å²) in [4.78, 5) is 0. The number of fused-ring (bicyclic) bond motifs is 1. The Hall–Kier alpha value is -0.450. The Morgan fingerprint density at radius 3 is 2.67 bits per heavy atom. The lowest BCUT2D eigenvalue weighted by Gasteiger charge is -1.97. The van der Waals surface area contributed by atoms with E-state index in [4.69, 9.17) is 32.5 Å². The molecule has 1 heterocycles. The average molecular weight is 355 g/mol. The molecule has 0 saturated carbocycles. The minimum Gasteiger partial charge on any atom is -0.474 e. The number of aromatic nitrogens is 1. The van der Waals surface area contributed by atoms with Gasteiger partial charge in [-0.1, -0.05) is 28.1 Å². The molecule has 0 unspecified atom stereocenters. The van der Waals surface area contributed by atoms with Crippen LogP contribution in [0.5, 0.6) is 5.88 Å². The van der Waals surface area contributed by atoms with Crippen molar-refractivity contribution in [3.63, 3.8) is 0 Å². The number of rotatable bonds is 4. The average Bonchev–Trinajstić information content (AvgIpc) is 2.81. The standard InChI is InChI=1S/C10H10ClNO2.C2H4BrCl/c1-7-3-2-4-8-9(7)14-12-10(8)13-6-5-11;3-1-2-4/h2-4H,5-6H2,1H3;1-2H2. The molecule has 0 amide bonds. The van der Waals surface area contributed by atoms with Crippen LogP contribution in [0.15, 0.2) is 22.7 Å². The number of ether oxygens (including phenoxy) is 1. The molecule has 0 aliphatic carbocycles. The molecule has 100 valence electrons. The minimum absolute atomic E-state index is 0.442. The second kappa shape index (κ2) is 8.62. The quantitative estimate of drug-likeness (QED) is 0.764. The Balaban J connectivity index is 0.000000357. The van der Waals surface area contributed by atoms with E-state index in [0.717, 1.165) is 21.9 Å². The molecule has 0 fully saturated rings. The first-order valence-electron chi connectivity index (χ1n) is 5.40. The Morgan fingerprint density at radius 2 is 2.06 bits per heavy atom. The Bertz CT molecular complexity index is 474. The summed E-state index contributed by atoms with van der Waals surface area (Å²) < 4.78 is 10.5. The van der Waals surface area contributed by atoms with Crippen molar-refractivity contribution in [2.75, 3.05) is 23.7 Å². The van der Waals surface area contributed by atoms with Crippen molar-refractivity contribution in [3.8, 4) is 5.88 Å². The molecule has 0 N–H and O–H groups in total. The second-order valence-electron chi connectivity index (χ2n) is 3.35. The topological polar surface area (TPSA) is 35.3 Å². The number of benzene rings is 1. The Morgan fingerprint density at radius 1 is 1.33 bits per heavy atom. The predicted molar refractivity (Wildman–Crippen MR) is 79.5 cm³/mol. The lowest BCUT2D eigenvalue weighted by molar-refractivity contribution is 0.303. The molecule has 2 rings (SSSR count). The fourth-order valence-electron chi connectivity index (χ4n) is 1.32. The zero-order valence-corrected chi connectivity index (χ0v) is 13.1. The van der Waals surface area contributed by atoms with E-state index in [0.29, 0.717) is 24.2 Å². The van der Waals surface area contributed by atoms with E-state index >= 15 is 0 Å². The third-order valence-electron chi connectivity index (χ3n) is 2.05. The molecule has 0 spiro atoms. The molecular formula is C12H14BrCl2NO2. The summed E-state index contributed by atoms with van der Waals surface area (Å²) in [6.45, 7) is 2.41. The van der Waals surface area contributed by atoms with Gasteiger partial charge in [-0.3, -0.25) is 0 Å². The van der Waals surface area contributed by atoms with Crippen LogP contribution in [0, 0.1) is 6.92 Å². The molecule has 6 heteroatoms. The van der Waals surface area contributed by atoms with Crippen LogP contribution in [0.1, 0.15) is 5.56 Å². The molecule has 0 aliphatic rings. The van der Waals surface area contributed by atoms with Gasteiger partial charge in [-0.2, -0.15) is 0 Å². The first kappa shape index (κ1) is 15.6. The zero-order valence-electron chi connectivity index (χ0n) is 9.96. The van der Waals surface area contributed by atoms with Gasteiger partial charge < -0.3 is 9.26 Å². The smallest absolute Gasteiger partial charge is 0.262 e. The summed E-state index contributed by atoms with van der Waals surface area (Å²) in [5, 5.41) is 5.63. The van der Waals surface area contributed by atoms with Crippen LogP contribution < -0.4 is 4.74 Å². The van der Waals surface area contributed by atoms with Crippen LogP contribution in [-0.2, 0) is 0 Å². The van der Waals surface area contributed by atoms with Crippen LogP contribution in [0.4, 0.5) is 0 Å². The van der Waals surface area contributed by atoms with Gasteiger partial charge in [-0.25, -0.2) is 0 Å². The normalized spacial score (nSPS) is 10.0. The number of alkyl halides is 3. The lowest BCUT2D eigenvalue weighted by atomic mass is 10.2. The summed E-state index contributed by atoms with van der Waals surface area (Å²) in [5.74, 6) is 1.67. The van der Waals surface area contributed by atoms with Crippen LogP contribution in [0.25, 0.3) is 11.0 Å². The third-order valence-corrected chi connectivity index (χ3v) is 3.25. The van der Waals surface area contributed by atoms with Gasteiger partial charge in [0.25, 0.3) is 5.88 Å². The summed E-state index contributed by atoms with van der Waals surface area (Å²) in [6, 6.07) is 5.84. The zero-order chi connectivity index (χ0) is 13.4.